The van der Waals surface area contributed by atoms with Gasteiger partial charge in [-0.05, 0) is 12.8 Å². The van der Waals surface area contributed by atoms with E-state index in [-0.39, 0.29) is 17.4 Å². The second-order valence-corrected chi connectivity index (χ2v) is 3.82. The maximum absolute atomic E-state index is 11.6. The van der Waals surface area contributed by atoms with Crippen LogP contribution in [-0.4, -0.2) is 22.5 Å². The van der Waals surface area contributed by atoms with Gasteiger partial charge in [-0.3, -0.25) is 4.79 Å². The van der Waals surface area contributed by atoms with Crippen LogP contribution in [0.3, 0.4) is 0 Å². The second-order valence-electron chi connectivity index (χ2n) is 3.82. The first-order valence-electron chi connectivity index (χ1n) is 4.57. The number of fused-ring (bicyclic) bond motifs is 1. The minimum absolute atomic E-state index is 0.182. The predicted molar refractivity (Wildman–Crippen MR) is 49.9 cm³/mol. The summed E-state index contributed by atoms with van der Waals surface area (Å²) in [6.45, 7) is 0. The Morgan fingerprint density at radius 3 is 2.87 bits per heavy atom. The summed E-state index contributed by atoms with van der Waals surface area (Å²) >= 11 is 0. The van der Waals surface area contributed by atoms with Crippen molar-refractivity contribution in [3.63, 3.8) is 0 Å². The summed E-state index contributed by atoms with van der Waals surface area (Å²) in [6.07, 6.45) is 2.86. The Kier molecular flexibility index (Phi) is 1.30. The van der Waals surface area contributed by atoms with Gasteiger partial charge in [-0.15, -0.1) is 0 Å². The molecule has 1 fully saturated rings. The number of carbonyl (C=O) groups is 2. The molecule has 1 aromatic heterocycles. The van der Waals surface area contributed by atoms with Crippen LogP contribution in [0.2, 0.25) is 0 Å². The van der Waals surface area contributed by atoms with E-state index in [9.17, 15) is 9.59 Å². The van der Waals surface area contributed by atoms with Crippen LogP contribution in [0.1, 0.15) is 23.4 Å². The molecule has 6 heteroatoms. The van der Waals surface area contributed by atoms with E-state index in [0.29, 0.717) is 5.69 Å². The van der Waals surface area contributed by atoms with Crippen molar-refractivity contribution in [1.29, 1.82) is 0 Å². The molecule has 1 spiro atoms. The topological polar surface area (TPSA) is 91.6 Å². The van der Waals surface area contributed by atoms with Gasteiger partial charge in [0.05, 0.1) is 5.69 Å². The summed E-state index contributed by atoms with van der Waals surface area (Å²) in [5.74, 6) is -1.61. The molecule has 1 saturated carbocycles. The Morgan fingerprint density at radius 2 is 2.27 bits per heavy atom. The quantitative estimate of drug-likeness (QED) is 0.637. The molecule has 1 aliphatic carbocycles. The van der Waals surface area contributed by atoms with E-state index >= 15 is 0 Å². The normalized spacial score (nSPS) is 20.4. The molecule has 0 atom stereocenters. The maximum atomic E-state index is 11.6. The molecule has 0 unspecified atom stereocenters. The Morgan fingerprint density at radius 1 is 1.53 bits per heavy atom. The molecule has 3 rings (SSSR count). The smallest absolute Gasteiger partial charge is 0.374 e. The van der Waals surface area contributed by atoms with Gasteiger partial charge < -0.3 is 20.2 Å². The van der Waals surface area contributed by atoms with Crippen LogP contribution < -0.4 is 10.6 Å². The van der Waals surface area contributed by atoms with E-state index < -0.39 is 11.5 Å². The number of furan rings is 1. The minimum atomic E-state index is -1.19. The lowest BCUT2D eigenvalue weighted by atomic mass is 10.1. The number of carbonyl (C=O) groups excluding carboxylic acids is 1. The number of hydrogen-bond acceptors (Lipinski definition) is 4. The largest absolute Gasteiger partial charge is 0.475 e. The van der Waals surface area contributed by atoms with Gasteiger partial charge in [0, 0.05) is 0 Å². The molecule has 15 heavy (non-hydrogen) atoms. The summed E-state index contributed by atoms with van der Waals surface area (Å²) < 4.78 is 4.87. The molecule has 0 radical (unpaired) electrons. The SMILES string of the molecule is O=C(O)c1occ2c1NC(=O)C1(CC1)N2. The first-order valence-corrected chi connectivity index (χ1v) is 4.57. The van der Waals surface area contributed by atoms with Crippen molar-refractivity contribution >= 4 is 23.3 Å². The standard InChI is InChI=1S/C9H8N2O4/c12-7(13)6-5-4(3-15-6)11-9(1-2-9)8(14)10-5/h3,11H,1-2H2,(H,10,14)(H,12,13). The molecule has 1 aliphatic heterocycles. The number of hydrogen-bond donors (Lipinski definition) is 3. The molecule has 2 heterocycles. The summed E-state index contributed by atoms with van der Waals surface area (Å²) in [6, 6.07) is 0. The van der Waals surface area contributed by atoms with Gasteiger partial charge in [-0.1, -0.05) is 0 Å². The number of amides is 1. The molecule has 6 nitrogen and oxygen atoms in total. The third-order valence-corrected chi connectivity index (χ3v) is 2.78. The Balaban J connectivity index is 2.06. The Bertz CT molecular complexity index is 472. The molecular formula is C9H8N2O4. The molecule has 78 valence electrons. The van der Waals surface area contributed by atoms with Gasteiger partial charge in [-0.25, -0.2) is 4.79 Å². The minimum Gasteiger partial charge on any atom is -0.475 e. The number of nitrogens with one attached hydrogen (secondary N) is 2. The summed E-state index contributed by atoms with van der Waals surface area (Å²) in [7, 11) is 0. The molecule has 0 bridgehead atoms. The monoisotopic (exact) mass is 208 g/mol. The third-order valence-electron chi connectivity index (χ3n) is 2.78. The Hall–Kier alpha value is -1.98. The van der Waals surface area contributed by atoms with Gasteiger partial charge in [0.1, 0.15) is 17.5 Å². The first-order chi connectivity index (χ1) is 7.12. The number of anilines is 2. The van der Waals surface area contributed by atoms with Crippen molar-refractivity contribution < 1.29 is 19.1 Å². The van der Waals surface area contributed by atoms with Gasteiger partial charge in [-0.2, -0.15) is 0 Å². The summed E-state index contributed by atoms with van der Waals surface area (Å²) in [4.78, 5) is 22.4. The van der Waals surface area contributed by atoms with E-state index in [1.807, 2.05) is 0 Å². The molecular weight excluding hydrogens is 200 g/mol. The van der Waals surface area contributed by atoms with Crippen LogP contribution in [0, 0.1) is 0 Å². The lowest BCUT2D eigenvalue weighted by Crippen LogP contribution is -2.40. The zero-order valence-electron chi connectivity index (χ0n) is 7.66. The van der Waals surface area contributed by atoms with Crippen molar-refractivity contribution in [2.24, 2.45) is 0 Å². The van der Waals surface area contributed by atoms with Crippen molar-refractivity contribution in [1.82, 2.24) is 0 Å². The van der Waals surface area contributed by atoms with E-state index in [2.05, 4.69) is 10.6 Å². The molecule has 0 saturated heterocycles. The highest BCUT2D eigenvalue weighted by atomic mass is 16.4. The number of carboxylic acid groups (broad SMARTS) is 1. The average Bonchev–Trinajstić information content (AvgIpc) is 2.82. The zero-order valence-corrected chi connectivity index (χ0v) is 7.66. The number of aromatic carboxylic acids is 1. The first kappa shape index (κ1) is 8.34. The highest BCUT2D eigenvalue weighted by Gasteiger charge is 2.53. The van der Waals surface area contributed by atoms with Crippen LogP contribution in [0.25, 0.3) is 0 Å². The lowest BCUT2D eigenvalue weighted by Gasteiger charge is -2.23. The predicted octanol–water partition coefficient (Wildman–Crippen LogP) is 0.874. The number of carboxylic acids is 1. The zero-order chi connectivity index (χ0) is 10.6. The second kappa shape index (κ2) is 2.33. The fourth-order valence-corrected chi connectivity index (χ4v) is 1.76. The van der Waals surface area contributed by atoms with Gasteiger partial charge in [0.15, 0.2) is 0 Å². The summed E-state index contributed by atoms with van der Waals surface area (Å²) in [5, 5.41) is 14.4. The lowest BCUT2D eigenvalue weighted by molar-refractivity contribution is -0.117. The summed E-state index contributed by atoms with van der Waals surface area (Å²) in [5.41, 5.74) is 0.252. The fraction of sp³-hybridized carbons (Fsp3) is 0.333. The molecule has 0 aromatic carbocycles. The maximum Gasteiger partial charge on any atom is 0.374 e. The van der Waals surface area contributed by atoms with E-state index in [1.54, 1.807) is 0 Å². The van der Waals surface area contributed by atoms with Gasteiger partial charge >= 0.3 is 5.97 Å². The number of rotatable bonds is 1. The molecule has 1 amide bonds. The highest BCUT2D eigenvalue weighted by molar-refractivity contribution is 6.11. The molecule has 3 N–H and O–H groups in total. The van der Waals surface area contributed by atoms with E-state index in [0.717, 1.165) is 12.8 Å². The third kappa shape index (κ3) is 0.984. The van der Waals surface area contributed by atoms with Crippen LogP contribution in [-0.2, 0) is 4.79 Å². The molecule has 2 aliphatic rings. The highest BCUT2D eigenvalue weighted by Crippen LogP contribution is 2.46. The van der Waals surface area contributed by atoms with Crippen molar-refractivity contribution in [2.45, 2.75) is 18.4 Å². The van der Waals surface area contributed by atoms with Crippen LogP contribution in [0.4, 0.5) is 11.4 Å². The van der Waals surface area contributed by atoms with Crippen LogP contribution in [0.5, 0.6) is 0 Å². The van der Waals surface area contributed by atoms with Gasteiger partial charge in [0.2, 0.25) is 11.7 Å². The van der Waals surface area contributed by atoms with Crippen LogP contribution >= 0.6 is 0 Å². The van der Waals surface area contributed by atoms with Crippen LogP contribution in [0.15, 0.2) is 10.7 Å². The van der Waals surface area contributed by atoms with Gasteiger partial charge in [0.25, 0.3) is 0 Å². The van der Waals surface area contributed by atoms with E-state index in [1.165, 1.54) is 6.26 Å². The van der Waals surface area contributed by atoms with Crippen molar-refractivity contribution in [2.75, 3.05) is 10.6 Å². The van der Waals surface area contributed by atoms with Crippen molar-refractivity contribution in [3.05, 3.63) is 12.0 Å². The van der Waals surface area contributed by atoms with Crippen molar-refractivity contribution in [3.8, 4) is 0 Å². The average molecular weight is 208 g/mol. The van der Waals surface area contributed by atoms with E-state index in [4.69, 9.17) is 9.52 Å². The Labute approximate surface area is 84.3 Å². The fourth-order valence-electron chi connectivity index (χ4n) is 1.76. The molecule has 1 aromatic rings.